The van der Waals surface area contributed by atoms with Crippen molar-refractivity contribution in [2.24, 2.45) is 17.8 Å². The molecule has 1 saturated carbocycles. The maximum Gasteiger partial charge on any atom is 0.485 e. The van der Waals surface area contributed by atoms with Crippen molar-refractivity contribution in [3.05, 3.63) is 12.2 Å². The summed E-state index contributed by atoms with van der Waals surface area (Å²) in [5.41, 5.74) is -4.65. The van der Waals surface area contributed by atoms with Gasteiger partial charge in [0.05, 0.1) is 0 Å². The molecule has 0 spiro atoms. The van der Waals surface area contributed by atoms with E-state index in [1.807, 2.05) is 0 Å². The zero-order valence-electron chi connectivity index (χ0n) is 7.96. The van der Waals surface area contributed by atoms with Crippen LogP contribution >= 0.6 is 0 Å². The highest BCUT2D eigenvalue weighted by Gasteiger charge is 2.39. The summed E-state index contributed by atoms with van der Waals surface area (Å²) in [6.07, 6.45) is 6.16. The molecular weight excluding hydrogens is 227 g/mol. The van der Waals surface area contributed by atoms with Gasteiger partial charge in [-0.25, -0.2) is 8.93 Å². The average molecular weight is 239 g/mol. The van der Waals surface area contributed by atoms with Gasteiger partial charge in [0.2, 0.25) is 0 Å². The van der Waals surface area contributed by atoms with Gasteiger partial charge in [0.15, 0.2) is 11.0 Å². The number of hydrogen-bond donors (Lipinski definition) is 1. The van der Waals surface area contributed by atoms with Gasteiger partial charge in [-0.2, -0.15) is 13.2 Å². The molecule has 0 amide bonds. The third-order valence-corrected chi connectivity index (χ3v) is 3.95. The van der Waals surface area contributed by atoms with Crippen LogP contribution in [-0.2, 0) is 11.0 Å². The fourth-order valence-electron chi connectivity index (χ4n) is 2.39. The van der Waals surface area contributed by atoms with Crippen molar-refractivity contribution in [1.82, 2.24) is 4.72 Å². The summed E-state index contributed by atoms with van der Waals surface area (Å²) >= 11 is 0. The summed E-state index contributed by atoms with van der Waals surface area (Å²) in [6, 6.07) is 0. The lowest BCUT2D eigenvalue weighted by Crippen LogP contribution is -2.34. The van der Waals surface area contributed by atoms with Crippen molar-refractivity contribution in [1.29, 1.82) is 0 Å². The summed E-state index contributed by atoms with van der Waals surface area (Å²) in [5.74, 6) is 1.13. The number of allylic oxidation sites excluding steroid dienone is 2. The molecule has 0 aromatic rings. The summed E-state index contributed by atoms with van der Waals surface area (Å²) in [6.45, 7) is 0.192. The van der Waals surface area contributed by atoms with E-state index in [1.54, 1.807) is 0 Å². The molecule has 0 radical (unpaired) electrons. The molecule has 86 valence electrons. The Morgan fingerprint density at radius 2 is 2.07 bits per heavy atom. The zero-order valence-corrected chi connectivity index (χ0v) is 8.77. The molecule has 0 aromatic carbocycles. The summed E-state index contributed by atoms with van der Waals surface area (Å²) in [4.78, 5) is 0. The van der Waals surface area contributed by atoms with E-state index in [9.17, 15) is 17.4 Å². The van der Waals surface area contributed by atoms with E-state index >= 15 is 0 Å². The van der Waals surface area contributed by atoms with Crippen molar-refractivity contribution in [2.45, 2.75) is 18.3 Å². The van der Waals surface area contributed by atoms with Crippen LogP contribution in [0.4, 0.5) is 13.2 Å². The van der Waals surface area contributed by atoms with Gasteiger partial charge < -0.3 is 0 Å². The molecule has 0 saturated heterocycles. The van der Waals surface area contributed by atoms with E-state index in [2.05, 4.69) is 16.9 Å². The monoisotopic (exact) mass is 239 g/mol. The predicted octanol–water partition coefficient (Wildman–Crippen LogP) is 1.97. The zero-order chi connectivity index (χ0) is 11.1. The molecule has 1 fully saturated rings. The van der Waals surface area contributed by atoms with Crippen molar-refractivity contribution < 1.29 is 17.4 Å². The number of rotatable bonds is 3. The largest absolute Gasteiger partial charge is 0.485 e. The van der Waals surface area contributed by atoms with Crippen LogP contribution in [0.1, 0.15) is 12.8 Å². The van der Waals surface area contributed by atoms with Crippen LogP contribution in [0.15, 0.2) is 12.2 Å². The van der Waals surface area contributed by atoms with Crippen LogP contribution in [0.25, 0.3) is 0 Å². The van der Waals surface area contributed by atoms with Gasteiger partial charge in [-0.05, 0) is 30.6 Å². The Balaban J connectivity index is 1.80. The first-order chi connectivity index (χ1) is 6.97. The lowest BCUT2D eigenvalue weighted by molar-refractivity contribution is -0.0395. The molecule has 0 aromatic heterocycles. The second-order valence-corrected chi connectivity index (χ2v) is 5.39. The van der Waals surface area contributed by atoms with Gasteiger partial charge in [0, 0.05) is 6.54 Å². The van der Waals surface area contributed by atoms with Gasteiger partial charge in [0.1, 0.15) is 0 Å². The van der Waals surface area contributed by atoms with E-state index in [-0.39, 0.29) is 12.5 Å². The minimum atomic E-state index is -4.65. The molecular formula is C9H12F3NOS. The highest BCUT2D eigenvalue weighted by Crippen LogP contribution is 2.43. The molecule has 0 aliphatic heterocycles. The lowest BCUT2D eigenvalue weighted by Gasteiger charge is -2.18. The maximum absolute atomic E-state index is 11.9. The minimum absolute atomic E-state index is 0.192. The molecule has 4 atom stereocenters. The maximum atomic E-state index is 11.9. The quantitative estimate of drug-likeness (QED) is 0.750. The van der Waals surface area contributed by atoms with Crippen molar-refractivity contribution >= 4 is 11.0 Å². The van der Waals surface area contributed by atoms with Crippen LogP contribution < -0.4 is 4.72 Å². The first-order valence-electron chi connectivity index (χ1n) is 4.87. The summed E-state index contributed by atoms with van der Waals surface area (Å²) in [5, 5.41) is 0. The van der Waals surface area contributed by atoms with Gasteiger partial charge in [-0.1, -0.05) is 12.2 Å². The topological polar surface area (TPSA) is 29.1 Å². The van der Waals surface area contributed by atoms with Crippen LogP contribution in [0.2, 0.25) is 0 Å². The molecule has 0 heterocycles. The average Bonchev–Trinajstić information content (AvgIpc) is 2.73. The second kappa shape index (κ2) is 3.90. The van der Waals surface area contributed by atoms with Crippen molar-refractivity contribution in [2.75, 3.05) is 6.54 Å². The van der Waals surface area contributed by atoms with Crippen LogP contribution in [0, 0.1) is 17.8 Å². The molecule has 4 unspecified atom stereocenters. The predicted molar refractivity (Wildman–Crippen MR) is 51.0 cm³/mol. The number of alkyl halides is 3. The lowest BCUT2D eigenvalue weighted by atomic mass is 9.94. The van der Waals surface area contributed by atoms with E-state index in [4.69, 9.17) is 0 Å². The smallest absolute Gasteiger partial charge is 0.234 e. The molecule has 6 heteroatoms. The first-order valence-corrected chi connectivity index (χ1v) is 6.02. The SMILES string of the molecule is O=S(NCC1CC2C=CC1C2)C(F)(F)F. The van der Waals surface area contributed by atoms with Gasteiger partial charge in [0.25, 0.3) is 0 Å². The summed E-state index contributed by atoms with van der Waals surface area (Å²) in [7, 11) is -2.91. The Labute approximate surface area is 88.5 Å². The van der Waals surface area contributed by atoms with Gasteiger partial charge >= 0.3 is 5.51 Å². The number of halogens is 3. The van der Waals surface area contributed by atoms with Crippen LogP contribution in [0.5, 0.6) is 0 Å². The Morgan fingerprint density at radius 3 is 2.53 bits per heavy atom. The third kappa shape index (κ3) is 2.42. The fraction of sp³-hybridized carbons (Fsp3) is 0.778. The molecule has 2 bridgehead atoms. The Bertz CT molecular complexity index is 302. The Kier molecular flexibility index (Phi) is 2.89. The molecule has 15 heavy (non-hydrogen) atoms. The van der Waals surface area contributed by atoms with Gasteiger partial charge in [-0.15, -0.1) is 0 Å². The first kappa shape index (κ1) is 11.1. The molecule has 2 rings (SSSR count). The van der Waals surface area contributed by atoms with Crippen LogP contribution in [0.3, 0.4) is 0 Å². The number of fused-ring (bicyclic) bond motifs is 2. The van der Waals surface area contributed by atoms with E-state index in [0.29, 0.717) is 11.8 Å². The van der Waals surface area contributed by atoms with Crippen molar-refractivity contribution in [3.8, 4) is 0 Å². The minimum Gasteiger partial charge on any atom is -0.234 e. The van der Waals surface area contributed by atoms with E-state index in [1.165, 1.54) is 0 Å². The molecule has 2 aliphatic rings. The van der Waals surface area contributed by atoms with Gasteiger partial charge in [-0.3, -0.25) is 0 Å². The second-order valence-electron chi connectivity index (χ2n) is 4.10. The fourth-order valence-corrected chi connectivity index (χ4v) is 2.92. The molecule has 2 nitrogen and oxygen atoms in total. The Hall–Kier alpha value is -0.360. The molecule has 2 aliphatic carbocycles. The third-order valence-electron chi connectivity index (χ3n) is 3.10. The van der Waals surface area contributed by atoms with E-state index < -0.39 is 16.5 Å². The summed E-state index contributed by atoms with van der Waals surface area (Å²) < 4.78 is 48.6. The van der Waals surface area contributed by atoms with Crippen LogP contribution in [-0.4, -0.2) is 16.3 Å². The highest BCUT2D eigenvalue weighted by atomic mass is 32.2. The highest BCUT2D eigenvalue weighted by molar-refractivity contribution is 7.83. The standard InChI is InChI=1S/C9H12F3NOS/c10-9(11,12)15(14)13-5-8-4-6-1-2-7(8)3-6/h1-2,6-8,13H,3-5H2. The number of nitrogens with one attached hydrogen (secondary N) is 1. The molecule has 1 N–H and O–H groups in total. The normalized spacial score (nSPS) is 36.1. The van der Waals surface area contributed by atoms with E-state index in [0.717, 1.165) is 12.8 Å². The number of hydrogen-bond acceptors (Lipinski definition) is 1. The van der Waals surface area contributed by atoms with Crippen molar-refractivity contribution in [3.63, 3.8) is 0 Å². The Morgan fingerprint density at radius 1 is 1.33 bits per heavy atom.